The van der Waals surface area contributed by atoms with Crippen molar-refractivity contribution in [2.45, 2.75) is 24.2 Å². The second-order valence-corrected chi connectivity index (χ2v) is 16.7. The van der Waals surface area contributed by atoms with E-state index >= 15 is 0 Å². The van der Waals surface area contributed by atoms with Crippen molar-refractivity contribution in [3.63, 3.8) is 0 Å². The summed E-state index contributed by atoms with van der Waals surface area (Å²) < 4.78 is 2.45. The molecule has 10 rings (SSSR count). The van der Waals surface area contributed by atoms with Gasteiger partial charge in [0, 0.05) is 32.5 Å². The molecule has 1 aliphatic rings. The third kappa shape index (κ3) is 6.25. The van der Waals surface area contributed by atoms with Crippen LogP contribution in [0.2, 0.25) is 0 Å². The molecular formula is C55H42N2S. The number of benzene rings is 8. The maximum atomic E-state index is 5.64. The highest BCUT2D eigenvalue weighted by Gasteiger charge is 2.35. The van der Waals surface area contributed by atoms with Gasteiger partial charge in [0.2, 0.25) is 0 Å². The van der Waals surface area contributed by atoms with E-state index in [9.17, 15) is 0 Å². The quantitative estimate of drug-likeness (QED) is 0.123. The minimum Gasteiger partial charge on any atom is -0.399 e. The summed E-state index contributed by atoms with van der Waals surface area (Å²) in [5, 5.41) is 6.99. The summed E-state index contributed by atoms with van der Waals surface area (Å²) in [6.45, 7) is 8.41. The zero-order valence-electron chi connectivity index (χ0n) is 32.6. The highest BCUT2D eigenvalue weighted by molar-refractivity contribution is 8.02. The van der Waals surface area contributed by atoms with Crippen LogP contribution in [0.25, 0.3) is 82.8 Å². The van der Waals surface area contributed by atoms with Crippen LogP contribution in [0.1, 0.15) is 25.0 Å². The number of rotatable bonds is 8. The molecule has 58 heavy (non-hydrogen) atoms. The number of hydrogen-bond donors (Lipinski definition) is 1. The third-order valence-corrected chi connectivity index (χ3v) is 12.6. The Balaban J connectivity index is 1.06. The number of nitrogens with zero attached hydrogens (tertiary/aromatic N) is 1. The number of fused-ring (bicyclic) bond motifs is 7. The fraction of sp³-hybridized carbons (Fsp3) is 0.0545. The molecule has 1 heterocycles. The van der Waals surface area contributed by atoms with Gasteiger partial charge in [0.05, 0.1) is 11.0 Å². The normalized spacial score (nSPS) is 13.2. The predicted octanol–water partition coefficient (Wildman–Crippen LogP) is 14.9. The first-order valence-corrected chi connectivity index (χ1v) is 20.7. The molecule has 8 aromatic carbocycles. The van der Waals surface area contributed by atoms with Crippen molar-refractivity contribution in [1.82, 2.24) is 4.57 Å². The van der Waals surface area contributed by atoms with Gasteiger partial charge in [0.25, 0.3) is 0 Å². The van der Waals surface area contributed by atoms with Crippen LogP contribution in [0.3, 0.4) is 0 Å². The van der Waals surface area contributed by atoms with Gasteiger partial charge >= 0.3 is 0 Å². The first kappa shape index (κ1) is 35.6. The number of nitrogens with two attached hydrogens (primary N) is 1. The van der Waals surface area contributed by atoms with E-state index in [-0.39, 0.29) is 5.41 Å². The molecule has 278 valence electrons. The second-order valence-electron chi connectivity index (χ2n) is 15.7. The molecule has 9 aromatic rings. The molecule has 0 aliphatic heterocycles. The lowest BCUT2D eigenvalue weighted by Gasteiger charge is -2.22. The molecule has 0 atom stereocenters. The largest absolute Gasteiger partial charge is 0.399 e. The molecule has 3 heteroatoms. The van der Waals surface area contributed by atoms with Gasteiger partial charge in [-0.3, -0.25) is 0 Å². The minimum absolute atomic E-state index is 0.0417. The highest BCUT2D eigenvalue weighted by Crippen LogP contribution is 2.49. The Morgan fingerprint density at radius 1 is 0.534 bits per heavy atom. The van der Waals surface area contributed by atoms with Crippen LogP contribution in [-0.4, -0.2) is 4.57 Å². The van der Waals surface area contributed by atoms with Gasteiger partial charge in [-0.15, -0.1) is 0 Å². The van der Waals surface area contributed by atoms with Crippen LogP contribution < -0.4 is 5.73 Å². The average Bonchev–Trinajstić information content (AvgIpc) is 3.70. The van der Waals surface area contributed by atoms with Gasteiger partial charge in [0.15, 0.2) is 0 Å². The Kier molecular flexibility index (Phi) is 8.77. The first-order valence-electron chi connectivity index (χ1n) is 19.8. The summed E-state index contributed by atoms with van der Waals surface area (Å²) in [4.78, 5) is 1.17. The monoisotopic (exact) mass is 762 g/mol. The van der Waals surface area contributed by atoms with Crippen LogP contribution in [0.5, 0.6) is 0 Å². The zero-order chi connectivity index (χ0) is 39.4. The number of hydrogen-bond acceptors (Lipinski definition) is 2. The smallest absolute Gasteiger partial charge is 0.0547 e. The van der Waals surface area contributed by atoms with Gasteiger partial charge in [0.1, 0.15) is 0 Å². The Morgan fingerprint density at radius 3 is 1.88 bits per heavy atom. The lowest BCUT2D eigenvalue weighted by atomic mass is 9.81. The maximum Gasteiger partial charge on any atom is 0.0547 e. The molecule has 2 nitrogen and oxygen atoms in total. The zero-order valence-corrected chi connectivity index (χ0v) is 33.4. The first-order chi connectivity index (χ1) is 28.3. The van der Waals surface area contributed by atoms with Crippen molar-refractivity contribution >= 4 is 44.3 Å². The third-order valence-electron chi connectivity index (χ3n) is 11.8. The molecule has 0 unspecified atom stereocenters. The molecule has 0 spiro atoms. The van der Waals surface area contributed by atoms with Crippen molar-refractivity contribution in [2.75, 3.05) is 0 Å². The Labute approximate surface area is 344 Å². The summed E-state index contributed by atoms with van der Waals surface area (Å²) in [7, 11) is 0. The summed E-state index contributed by atoms with van der Waals surface area (Å²) >= 11 is 1.68. The van der Waals surface area contributed by atoms with E-state index in [0.717, 1.165) is 5.69 Å². The summed E-state index contributed by atoms with van der Waals surface area (Å²) in [6.07, 6.45) is 5.68. The second kappa shape index (κ2) is 14.3. The van der Waals surface area contributed by atoms with Crippen LogP contribution in [0.4, 0.5) is 0 Å². The van der Waals surface area contributed by atoms with Gasteiger partial charge in [-0.05, 0) is 126 Å². The molecular weight excluding hydrogens is 721 g/mol. The summed E-state index contributed by atoms with van der Waals surface area (Å²) in [5.74, 6) is 0. The van der Waals surface area contributed by atoms with Gasteiger partial charge in [-0.1, -0.05) is 166 Å². The fourth-order valence-corrected chi connectivity index (χ4v) is 9.42. The SMILES string of the molecule is C=C(N)/C=C\C=C/Sc1ccc(-c2ccc3c4ccc(-c5cccc(-c6ccc7c(c6)C(C)(C)c6ccccc6-7)c5)cc4n(-c4ccc5ccccc5c4)c3c2)cc1. The van der Waals surface area contributed by atoms with E-state index in [1.807, 2.05) is 12.2 Å². The van der Waals surface area contributed by atoms with Crippen LogP contribution in [0, 0.1) is 0 Å². The summed E-state index contributed by atoms with van der Waals surface area (Å²) in [6, 6.07) is 63.0. The molecule has 0 bridgehead atoms. The van der Waals surface area contributed by atoms with E-state index in [1.54, 1.807) is 17.8 Å². The maximum absolute atomic E-state index is 5.64. The lowest BCUT2D eigenvalue weighted by molar-refractivity contribution is 0.660. The molecule has 0 amide bonds. The molecule has 0 saturated carbocycles. The van der Waals surface area contributed by atoms with E-state index < -0.39 is 0 Å². The van der Waals surface area contributed by atoms with Crippen LogP contribution in [-0.2, 0) is 5.41 Å². The van der Waals surface area contributed by atoms with Gasteiger partial charge in [-0.25, -0.2) is 0 Å². The minimum atomic E-state index is -0.0417. The van der Waals surface area contributed by atoms with E-state index in [4.69, 9.17) is 5.73 Å². The number of allylic oxidation sites excluding steroid dienone is 3. The van der Waals surface area contributed by atoms with Crippen LogP contribution in [0.15, 0.2) is 211 Å². The fourth-order valence-electron chi connectivity index (χ4n) is 8.80. The van der Waals surface area contributed by atoms with E-state index in [1.165, 1.54) is 93.1 Å². The predicted molar refractivity (Wildman–Crippen MR) is 250 cm³/mol. The van der Waals surface area contributed by atoms with Crippen molar-refractivity contribution in [3.05, 3.63) is 217 Å². The van der Waals surface area contributed by atoms with Crippen LogP contribution >= 0.6 is 11.8 Å². The highest BCUT2D eigenvalue weighted by atomic mass is 32.2. The van der Waals surface area contributed by atoms with Gasteiger partial charge in [-0.2, -0.15) is 0 Å². The van der Waals surface area contributed by atoms with Gasteiger partial charge < -0.3 is 10.3 Å². The molecule has 1 aromatic heterocycles. The molecule has 0 saturated heterocycles. The Hall–Kier alpha value is -6.81. The standard InChI is InChI=1S/C55H42N2S/c1-36(56)11-8-9-30-58-46-25-19-38(20-26-46)43-22-28-49-50-29-23-44(35-54(50)57(53(49)34-43)45-24-18-37-12-4-5-13-41(37)32-45)40-15-10-14-39(31-40)42-21-27-48-47-16-6-7-17-51(47)55(2,3)52(48)33-42/h4-35H,1,56H2,2-3H3/b11-8-,30-9-. The summed E-state index contributed by atoms with van der Waals surface area (Å²) in [5.41, 5.74) is 22.4. The lowest BCUT2D eigenvalue weighted by Crippen LogP contribution is -2.14. The van der Waals surface area contributed by atoms with E-state index in [0.29, 0.717) is 5.70 Å². The molecule has 0 radical (unpaired) electrons. The molecule has 1 aliphatic carbocycles. The Morgan fingerprint density at radius 2 is 1.14 bits per heavy atom. The van der Waals surface area contributed by atoms with Crippen molar-refractivity contribution < 1.29 is 0 Å². The molecule has 0 fully saturated rings. The van der Waals surface area contributed by atoms with Crippen molar-refractivity contribution in [1.29, 1.82) is 0 Å². The number of aromatic nitrogens is 1. The molecule has 2 N–H and O–H groups in total. The average molecular weight is 763 g/mol. The van der Waals surface area contributed by atoms with E-state index in [2.05, 4.69) is 200 Å². The number of thioether (sulfide) groups is 1. The Bertz CT molecular complexity index is 3140. The topological polar surface area (TPSA) is 30.9 Å². The van der Waals surface area contributed by atoms with Crippen molar-refractivity contribution in [3.8, 4) is 50.2 Å². The van der Waals surface area contributed by atoms with Crippen molar-refractivity contribution in [2.24, 2.45) is 5.73 Å².